The van der Waals surface area contributed by atoms with Crippen LogP contribution in [0.25, 0.3) is 23.3 Å². The van der Waals surface area contributed by atoms with Crippen LogP contribution in [0.4, 0.5) is 0 Å². The van der Waals surface area contributed by atoms with Gasteiger partial charge in [0.25, 0.3) is 0 Å². The molecule has 0 unspecified atom stereocenters. The Hall–Kier alpha value is -1.78. The van der Waals surface area contributed by atoms with Gasteiger partial charge in [-0.2, -0.15) is 5.10 Å². The van der Waals surface area contributed by atoms with Crippen LogP contribution in [0.3, 0.4) is 0 Å². The van der Waals surface area contributed by atoms with Crippen LogP contribution in [0.5, 0.6) is 0 Å². The predicted octanol–water partition coefficient (Wildman–Crippen LogP) is 4.09. The molecule has 102 valence electrons. The molecule has 0 aliphatic rings. The zero-order valence-corrected chi connectivity index (χ0v) is 12.0. The summed E-state index contributed by atoms with van der Waals surface area (Å²) in [5.74, 6) is 1.07. The summed E-state index contributed by atoms with van der Waals surface area (Å²) in [5, 5.41) is 4.83. The molecule has 0 atom stereocenters. The van der Waals surface area contributed by atoms with Gasteiger partial charge in [-0.15, -0.1) is 11.6 Å². The largest absolute Gasteiger partial charge is 0.437 e. The maximum absolute atomic E-state index is 5.91. The van der Waals surface area contributed by atoms with Crippen molar-refractivity contribution in [2.24, 2.45) is 0 Å². The van der Waals surface area contributed by atoms with Crippen LogP contribution >= 0.6 is 23.2 Å². The highest BCUT2D eigenvalue weighted by Gasteiger charge is 2.03. The smallest absolute Gasteiger partial charge is 0.220 e. The minimum Gasteiger partial charge on any atom is -0.437 e. The van der Waals surface area contributed by atoms with Gasteiger partial charge in [-0.1, -0.05) is 11.6 Å². The molecular weight excluding hydrogens is 297 g/mol. The maximum Gasteiger partial charge on any atom is 0.220 e. The lowest BCUT2D eigenvalue weighted by atomic mass is 10.3. The number of fused-ring (bicyclic) bond motifs is 1. The Bertz CT molecular complexity index is 761. The highest BCUT2D eigenvalue weighted by Crippen LogP contribution is 2.20. The molecule has 0 radical (unpaired) electrons. The number of hydrogen-bond acceptors (Lipinski definition) is 3. The molecule has 6 heteroatoms. The molecule has 2 heterocycles. The standard InChI is InChI=1S/C14H11Cl2N3O/c15-5-6-19-9-10(8-17-19)1-4-14-18-12-7-11(16)2-3-13(12)20-14/h1-4,7-9H,5-6H2. The van der Waals surface area contributed by atoms with Gasteiger partial charge in [0.2, 0.25) is 5.89 Å². The average molecular weight is 308 g/mol. The van der Waals surface area contributed by atoms with Crippen molar-refractivity contribution in [3.05, 3.63) is 47.1 Å². The summed E-state index contributed by atoms with van der Waals surface area (Å²) >= 11 is 11.6. The third kappa shape index (κ3) is 2.86. The Labute approximate surface area is 125 Å². The maximum atomic E-state index is 5.91. The fraction of sp³-hybridized carbons (Fsp3) is 0.143. The first-order valence-electron chi connectivity index (χ1n) is 6.07. The van der Waals surface area contributed by atoms with Gasteiger partial charge < -0.3 is 4.42 Å². The van der Waals surface area contributed by atoms with Crippen LogP contribution in [0, 0.1) is 0 Å². The SMILES string of the molecule is ClCCn1cc(C=Cc2nc3cc(Cl)ccc3o2)cn1. The fourth-order valence-electron chi connectivity index (χ4n) is 1.83. The normalized spacial score (nSPS) is 11.7. The summed E-state index contributed by atoms with van der Waals surface area (Å²) in [6.07, 6.45) is 7.38. The quantitative estimate of drug-likeness (QED) is 0.682. The number of rotatable bonds is 4. The van der Waals surface area contributed by atoms with Crippen molar-refractivity contribution in [3.63, 3.8) is 0 Å². The molecule has 20 heavy (non-hydrogen) atoms. The van der Waals surface area contributed by atoms with Crippen molar-refractivity contribution in [2.45, 2.75) is 6.54 Å². The monoisotopic (exact) mass is 307 g/mol. The van der Waals surface area contributed by atoms with Crippen molar-refractivity contribution in [2.75, 3.05) is 5.88 Å². The lowest BCUT2D eigenvalue weighted by Gasteiger charge is -1.92. The van der Waals surface area contributed by atoms with Crippen LogP contribution in [0.2, 0.25) is 5.02 Å². The number of oxazole rings is 1. The van der Waals surface area contributed by atoms with Crippen LogP contribution in [0.15, 0.2) is 35.0 Å². The summed E-state index contributed by atoms with van der Waals surface area (Å²) in [4.78, 5) is 4.35. The summed E-state index contributed by atoms with van der Waals surface area (Å²) in [6, 6.07) is 5.36. The van der Waals surface area contributed by atoms with Crippen LogP contribution in [0.1, 0.15) is 11.5 Å². The molecule has 0 saturated carbocycles. The van der Waals surface area contributed by atoms with Gasteiger partial charge in [0.05, 0.1) is 12.7 Å². The minimum atomic E-state index is 0.535. The number of halogens is 2. The fourth-order valence-corrected chi connectivity index (χ4v) is 2.17. The molecule has 3 aromatic rings. The Morgan fingerprint density at radius 2 is 2.20 bits per heavy atom. The average Bonchev–Trinajstić information content (AvgIpc) is 3.02. The van der Waals surface area contributed by atoms with Gasteiger partial charge in [-0.3, -0.25) is 4.68 Å². The predicted molar refractivity (Wildman–Crippen MR) is 80.9 cm³/mol. The minimum absolute atomic E-state index is 0.535. The molecule has 3 rings (SSSR count). The van der Waals surface area contributed by atoms with E-state index in [9.17, 15) is 0 Å². The van der Waals surface area contributed by atoms with E-state index < -0.39 is 0 Å². The lowest BCUT2D eigenvalue weighted by Crippen LogP contribution is -1.98. The van der Waals surface area contributed by atoms with Crippen molar-refractivity contribution >= 4 is 46.5 Å². The first-order chi connectivity index (χ1) is 9.74. The second kappa shape index (κ2) is 5.69. The van der Waals surface area contributed by atoms with Crippen LogP contribution in [-0.2, 0) is 6.54 Å². The third-order valence-corrected chi connectivity index (χ3v) is 3.16. The van der Waals surface area contributed by atoms with E-state index >= 15 is 0 Å². The molecule has 0 aliphatic heterocycles. The van der Waals surface area contributed by atoms with E-state index in [0.717, 1.165) is 11.1 Å². The summed E-state index contributed by atoms with van der Waals surface area (Å²) < 4.78 is 7.38. The second-order valence-electron chi connectivity index (χ2n) is 4.22. The Morgan fingerprint density at radius 3 is 3.05 bits per heavy atom. The molecule has 4 nitrogen and oxygen atoms in total. The van der Waals surface area contributed by atoms with Crippen molar-refractivity contribution in [3.8, 4) is 0 Å². The Morgan fingerprint density at radius 1 is 1.30 bits per heavy atom. The topological polar surface area (TPSA) is 43.9 Å². The Kier molecular flexibility index (Phi) is 3.76. The molecule has 2 aromatic heterocycles. The summed E-state index contributed by atoms with van der Waals surface area (Å²) in [7, 11) is 0. The van der Waals surface area contributed by atoms with E-state index in [4.69, 9.17) is 27.6 Å². The van der Waals surface area contributed by atoms with E-state index in [1.165, 1.54) is 0 Å². The number of hydrogen-bond donors (Lipinski definition) is 0. The van der Waals surface area contributed by atoms with Gasteiger partial charge in [-0.25, -0.2) is 4.98 Å². The number of aryl methyl sites for hydroxylation is 1. The zero-order valence-electron chi connectivity index (χ0n) is 10.5. The van der Waals surface area contributed by atoms with Gasteiger partial charge in [0.1, 0.15) is 5.52 Å². The van der Waals surface area contributed by atoms with E-state index in [1.807, 2.05) is 12.3 Å². The highest BCUT2D eigenvalue weighted by molar-refractivity contribution is 6.31. The van der Waals surface area contributed by atoms with Crippen molar-refractivity contribution in [1.82, 2.24) is 14.8 Å². The van der Waals surface area contributed by atoms with Crippen molar-refractivity contribution < 1.29 is 4.42 Å². The Balaban J connectivity index is 1.82. The van der Waals surface area contributed by atoms with E-state index in [1.54, 1.807) is 35.2 Å². The van der Waals surface area contributed by atoms with E-state index in [2.05, 4.69) is 10.1 Å². The van der Waals surface area contributed by atoms with Gasteiger partial charge in [0, 0.05) is 28.7 Å². The zero-order chi connectivity index (χ0) is 13.9. The molecule has 0 amide bonds. The number of alkyl halides is 1. The lowest BCUT2D eigenvalue weighted by molar-refractivity contribution is 0.589. The number of aromatic nitrogens is 3. The molecule has 0 N–H and O–H groups in total. The van der Waals surface area contributed by atoms with Crippen LogP contribution < -0.4 is 0 Å². The van der Waals surface area contributed by atoms with Crippen LogP contribution in [-0.4, -0.2) is 20.6 Å². The molecular formula is C14H11Cl2N3O. The number of nitrogens with zero attached hydrogens (tertiary/aromatic N) is 3. The molecule has 0 aliphatic carbocycles. The molecule has 0 bridgehead atoms. The third-order valence-electron chi connectivity index (χ3n) is 2.75. The van der Waals surface area contributed by atoms with E-state index in [0.29, 0.717) is 28.9 Å². The summed E-state index contributed by atoms with van der Waals surface area (Å²) in [6.45, 7) is 0.691. The summed E-state index contributed by atoms with van der Waals surface area (Å²) in [5.41, 5.74) is 2.43. The first kappa shape index (κ1) is 13.2. The molecule has 1 aromatic carbocycles. The van der Waals surface area contributed by atoms with E-state index in [-0.39, 0.29) is 0 Å². The number of benzene rings is 1. The van der Waals surface area contributed by atoms with Gasteiger partial charge in [-0.05, 0) is 24.3 Å². The van der Waals surface area contributed by atoms with Gasteiger partial charge in [0.15, 0.2) is 5.58 Å². The highest BCUT2D eigenvalue weighted by atomic mass is 35.5. The van der Waals surface area contributed by atoms with Gasteiger partial charge >= 0.3 is 0 Å². The second-order valence-corrected chi connectivity index (χ2v) is 5.04. The molecule has 0 spiro atoms. The van der Waals surface area contributed by atoms with Crippen molar-refractivity contribution in [1.29, 1.82) is 0 Å². The molecule has 0 saturated heterocycles. The molecule has 0 fully saturated rings. The first-order valence-corrected chi connectivity index (χ1v) is 6.98.